The van der Waals surface area contributed by atoms with Gasteiger partial charge in [-0.3, -0.25) is 9.48 Å². The van der Waals surface area contributed by atoms with Crippen LogP contribution in [0.15, 0.2) is 24.3 Å². The number of ether oxygens (including phenoxy) is 1. The number of nitrogens with one attached hydrogen (secondary N) is 1. The van der Waals surface area contributed by atoms with E-state index in [0.717, 1.165) is 18.4 Å². The van der Waals surface area contributed by atoms with Gasteiger partial charge in [-0.1, -0.05) is 48.7 Å². The first-order valence-corrected chi connectivity index (χ1v) is 9.54. The molecule has 0 spiro atoms. The predicted molar refractivity (Wildman–Crippen MR) is 105 cm³/mol. The van der Waals surface area contributed by atoms with E-state index in [0.29, 0.717) is 17.3 Å². The second kappa shape index (κ2) is 9.76. The average molecular weight is 412 g/mol. The molecule has 0 saturated carbocycles. The monoisotopic (exact) mass is 411 g/mol. The summed E-state index contributed by atoms with van der Waals surface area (Å²) in [5, 5.41) is 7.85. The van der Waals surface area contributed by atoms with E-state index in [1.165, 1.54) is 0 Å². The molecule has 6 nitrogen and oxygen atoms in total. The summed E-state index contributed by atoms with van der Waals surface area (Å²) in [4.78, 5) is 24.4. The summed E-state index contributed by atoms with van der Waals surface area (Å²) in [6, 6.07) is 6.93. The van der Waals surface area contributed by atoms with Crippen molar-refractivity contribution in [3.8, 4) is 0 Å². The standard InChI is InChI=1S/C19H23Cl2N3O3/c1-4-5-9-24-18(21)17(13(3)23-24)19(26)27-11-16(25)22-12(2)14-7-6-8-15(20)10-14/h6-8,10,12H,4-5,9,11H2,1-3H3,(H,22,25)/t12-/m0/s1. The van der Waals surface area contributed by atoms with Gasteiger partial charge in [-0.2, -0.15) is 5.10 Å². The van der Waals surface area contributed by atoms with Crippen LogP contribution in [-0.2, 0) is 16.1 Å². The summed E-state index contributed by atoms with van der Waals surface area (Å²) in [6.45, 7) is 5.79. The van der Waals surface area contributed by atoms with E-state index in [-0.39, 0.29) is 16.8 Å². The molecule has 0 fully saturated rings. The zero-order chi connectivity index (χ0) is 20.0. The molecular formula is C19H23Cl2N3O3. The number of carbonyl (C=O) groups excluding carboxylic acids is 2. The van der Waals surface area contributed by atoms with E-state index in [4.69, 9.17) is 27.9 Å². The van der Waals surface area contributed by atoms with Crippen molar-refractivity contribution in [2.45, 2.75) is 46.2 Å². The third kappa shape index (κ3) is 5.71. The van der Waals surface area contributed by atoms with E-state index in [2.05, 4.69) is 17.3 Å². The van der Waals surface area contributed by atoms with Crippen LogP contribution < -0.4 is 5.32 Å². The van der Waals surface area contributed by atoms with E-state index in [1.54, 1.807) is 29.8 Å². The van der Waals surface area contributed by atoms with Gasteiger partial charge < -0.3 is 10.1 Å². The molecule has 0 aliphatic carbocycles. The minimum atomic E-state index is -0.661. The molecule has 0 radical (unpaired) electrons. The van der Waals surface area contributed by atoms with E-state index >= 15 is 0 Å². The van der Waals surface area contributed by atoms with E-state index in [1.807, 2.05) is 13.0 Å². The lowest BCUT2D eigenvalue weighted by Gasteiger charge is -2.14. The van der Waals surface area contributed by atoms with Gasteiger partial charge in [-0.05, 0) is 38.0 Å². The van der Waals surface area contributed by atoms with Crippen LogP contribution in [0.1, 0.15) is 54.3 Å². The number of rotatable bonds is 8. The lowest BCUT2D eigenvalue weighted by Crippen LogP contribution is -2.31. The fraction of sp³-hybridized carbons (Fsp3) is 0.421. The quantitative estimate of drug-likeness (QED) is 0.655. The second-order valence-corrected chi connectivity index (χ2v) is 7.04. The molecule has 1 aromatic heterocycles. The molecule has 146 valence electrons. The average Bonchev–Trinajstić information content (AvgIpc) is 2.91. The summed E-state index contributed by atoms with van der Waals surface area (Å²) in [6.07, 6.45) is 1.89. The van der Waals surface area contributed by atoms with Gasteiger partial charge in [0.25, 0.3) is 5.91 Å². The predicted octanol–water partition coefficient (Wildman–Crippen LogP) is 4.33. The van der Waals surface area contributed by atoms with Gasteiger partial charge in [0.1, 0.15) is 10.7 Å². The normalized spacial score (nSPS) is 11.9. The van der Waals surface area contributed by atoms with Crippen LogP contribution in [0.5, 0.6) is 0 Å². The zero-order valence-corrected chi connectivity index (χ0v) is 17.1. The lowest BCUT2D eigenvalue weighted by molar-refractivity contribution is -0.124. The van der Waals surface area contributed by atoms with Crippen LogP contribution in [0.3, 0.4) is 0 Å². The molecule has 2 aromatic rings. The first-order valence-electron chi connectivity index (χ1n) is 8.78. The van der Waals surface area contributed by atoms with Gasteiger partial charge in [-0.15, -0.1) is 0 Å². The highest BCUT2D eigenvalue weighted by molar-refractivity contribution is 6.32. The Morgan fingerprint density at radius 1 is 1.33 bits per heavy atom. The first-order chi connectivity index (χ1) is 12.8. The Morgan fingerprint density at radius 3 is 2.74 bits per heavy atom. The third-order valence-corrected chi connectivity index (χ3v) is 4.67. The van der Waals surface area contributed by atoms with Gasteiger partial charge in [0.2, 0.25) is 0 Å². The van der Waals surface area contributed by atoms with Crippen molar-refractivity contribution in [2.75, 3.05) is 6.61 Å². The maximum absolute atomic E-state index is 12.3. The highest BCUT2D eigenvalue weighted by Crippen LogP contribution is 2.21. The van der Waals surface area contributed by atoms with Gasteiger partial charge in [0, 0.05) is 11.6 Å². The molecule has 0 bridgehead atoms. The SMILES string of the molecule is CCCCn1nc(C)c(C(=O)OCC(=O)N[C@@H](C)c2cccc(Cl)c2)c1Cl. The summed E-state index contributed by atoms with van der Waals surface area (Å²) < 4.78 is 6.70. The van der Waals surface area contributed by atoms with Crippen LogP contribution in [0.4, 0.5) is 0 Å². The lowest BCUT2D eigenvalue weighted by atomic mass is 10.1. The van der Waals surface area contributed by atoms with Gasteiger partial charge in [-0.25, -0.2) is 4.79 Å². The molecule has 0 unspecified atom stereocenters. The highest BCUT2D eigenvalue weighted by atomic mass is 35.5. The molecule has 0 aliphatic heterocycles. The Balaban J connectivity index is 1.93. The summed E-state index contributed by atoms with van der Waals surface area (Å²) in [7, 11) is 0. The Morgan fingerprint density at radius 2 is 2.07 bits per heavy atom. The number of aryl methyl sites for hydroxylation is 2. The smallest absolute Gasteiger partial charge is 0.343 e. The van der Waals surface area contributed by atoms with Gasteiger partial charge in [0.05, 0.1) is 11.7 Å². The largest absolute Gasteiger partial charge is 0.452 e. The number of hydrogen-bond acceptors (Lipinski definition) is 4. The molecule has 1 N–H and O–H groups in total. The van der Waals surface area contributed by atoms with Gasteiger partial charge in [0.15, 0.2) is 6.61 Å². The fourth-order valence-corrected chi connectivity index (χ4v) is 3.12. The molecule has 1 amide bonds. The Labute approximate surface area is 168 Å². The first kappa shape index (κ1) is 21.3. The topological polar surface area (TPSA) is 73.2 Å². The van der Waals surface area contributed by atoms with Crippen LogP contribution in [0.2, 0.25) is 10.2 Å². The van der Waals surface area contributed by atoms with Crippen molar-refractivity contribution >= 4 is 35.1 Å². The second-order valence-electron chi connectivity index (χ2n) is 6.25. The van der Waals surface area contributed by atoms with Crippen molar-refractivity contribution in [3.63, 3.8) is 0 Å². The number of carbonyl (C=O) groups is 2. The number of aromatic nitrogens is 2. The summed E-state index contributed by atoms with van der Waals surface area (Å²) in [5.74, 6) is -1.08. The maximum atomic E-state index is 12.3. The van der Waals surface area contributed by atoms with Crippen LogP contribution in [0, 0.1) is 6.92 Å². The zero-order valence-electron chi connectivity index (χ0n) is 15.6. The Kier molecular flexibility index (Phi) is 7.68. The fourth-order valence-electron chi connectivity index (χ4n) is 2.59. The Bertz CT molecular complexity index is 821. The molecule has 1 atom stereocenters. The third-order valence-electron chi connectivity index (χ3n) is 4.05. The summed E-state index contributed by atoms with van der Waals surface area (Å²) >= 11 is 12.2. The molecule has 27 heavy (non-hydrogen) atoms. The van der Waals surface area contributed by atoms with Crippen LogP contribution >= 0.6 is 23.2 Å². The molecule has 1 heterocycles. The summed E-state index contributed by atoms with van der Waals surface area (Å²) in [5.41, 5.74) is 1.54. The molecule has 0 aliphatic rings. The minimum absolute atomic E-state index is 0.198. The number of hydrogen-bond donors (Lipinski definition) is 1. The molecule has 0 saturated heterocycles. The molecule has 8 heteroatoms. The number of halogens is 2. The maximum Gasteiger partial charge on any atom is 0.343 e. The highest BCUT2D eigenvalue weighted by Gasteiger charge is 2.22. The number of unbranched alkanes of at least 4 members (excludes halogenated alkanes) is 1. The van der Waals surface area contributed by atoms with Crippen molar-refractivity contribution < 1.29 is 14.3 Å². The molecular weight excluding hydrogens is 389 g/mol. The van der Waals surface area contributed by atoms with E-state index < -0.39 is 18.5 Å². The van der Waals surface area contributed by atoms with Crippen LogP contribution in [0.25, 0.3) is 0 Å². The van der Waals surface area contributed by atoms with Gasteiger partial charge >= 0.3 is 5.97 Å². The van der Waals surface area contributed by atoms with Crippen molar-refractivity contribution in [3.05, 3.63) is 51.3 Å². The van der Waals surface area contributed by atoms with Crippen molar-refractivity contribution in [2.24, 2.45) is 0 Å². The minimum Gasteiger partial charge on any atom is -0.452 e. The molecule has 2 rings (SSSR count). The molecule has 1 aromatic carbocycles. The number of amides is 1. The Hall–Kier alpha value is -2.05. The van der Waals surface area contributed by atoms with Crippen molar-refractivity contribution in [1.29, 1.82) is 0 Å². The number of nitrogens with zero attached hydrogens (tertiary/aromatic N) is 2. The number of benzene rings is 1. The number of esters is 1. The van der Waals surface area contributed by atoms with Crippen molar-refractivity contribution in [1.82, 2.24) is 15.1 Å². The van der Waals surface area contributed by atoms with E-state index in [9.17, 15) is 9.59 Å². The van der Waals surface area contributed by atoms with Crippen LogP contribution in [-0.4, -0.2) is 28.3 Å².